The average molecular weight is 462 g/mol. The molecule has 11 heteroatoms. The minimum atomic E-state index is -5.14. The third kappa shape index (κ3) is 3.78. The first kappa shape index (κ1) is 21.6. The van der Waals surface area contributed by atoms with Gasteiger partial charge in [0, 0.05) is 37.4 Å². The Balaban J connectivity index is 1.82. The highest BCUT2D eigenvalue weighted by atomic mass is 35.5. The highest BCUT2D eigenvalue weighted by molar-refractivity contribution is 6.34. The SMILES string of the molecule is CN(c1ccc2c(c1)c(Cl)nn2-c1cc(C(F)(F)F)c(F)c(O)c1F)C1CCOCC1. The second kappa shape index (κ2) is 7.83. The molecular weight excluding hydrogens is 445 g/mol. The maximum atomic E-state index is 14.5. The van der Waals surface area contributed by atoms with Crippen molar-refractivity contribution in [2.75, 3.05) is 25.2 Å². The van der Waals surface area contributed by atoms with Gasteiger partial charge in [0.25, 0.3) is 0 Å². The first-order valence-corrected chi connectivity index (χ1v) is 9.74. The largest absolute Gasteiger partial charge is 0.503 e. The van der Waals surface area contributed by atoms with E-state index in [2.05, 4.69) is 5.10 Å². The first-order valence-electron chi connectivity index (χ1n) is 9.37. The monoisotopic (exact) mass is 461 g/mol. The van der Waals surface area contributed by atoms with Crippen molar-refractivity contribution in [1.29, 1.82) is 0 Å². The van der Waals surface area contributed by atoms with Gasteiger partial charge in [-0.25, -0.2) is 13.5 Å². The van der Waals surface area contributed by atoms with Crippen LogP contribution in [0.1, 0.15) is 18.4 Å². The third-order valence-electron chi connectivity index (χ3n) is 5.46. The number of phenolic OH excluding ortho intramolecular Hbond substituents is 1. The minimum absolute atomic E-state index is 0.0750. The lowest BCUT2D eigenvalue weighted by Crippen LogP contribution is -2.36. The van der Waals surface area contributed by atoms with Gasteiger partial charge < -0.3 is 14.7 Å². The van der Waals surface area contributed by atoms with E-state index in [1.54, 1.807) is 12.1 Å². The van der Waals surface area contributed by atoms with Crippen LogP contribution >= 0.6 is 11.6 Å². The van der Waals surface area contributed by atoms with Gasteiger partial charge in [-0.3, -0.25) is 0 Å². The Bertz CT molecular complexity index is 1140. The molecular formula is C20H17ClF5N3O2. The van der Waals surface area contributed by atoms with Crippen molar-refractivity contribution in [1.82, 2.24) is 9.78 Å². The minimum Gasteiger partial charge on any atom is -0.503 e. The normalized spacial score (nSPS) is 15.6. The molecule has 1 N–H and O–H groups in total. The number of aromatic nitrogens is 2. The fraction of sp³-hybridized carbons (Fsp3) is 0.350. The number of phenols is 1. The van der Waals surface area contributed by atoms with Crippen LogP contribution in [0.2, 0.25) is 5.15 Å². The third-order valence-corrected chi connectivity index (χ3v) is 5.74. The van der Waals surface area contributed by atoms with Gasteiger partial charge in [0.15, 0.2) is 22.5 Å². The van der Waals surface area contributed by atoms with Gasteiger partial charge in [-0.2, -0.15) is 18.3 Å². The molecule has 2 aromatic carbocycles. The molecule has 0 radical (unpaired) electrons. The number of alkyl halides is 3. The summed E-state index contributed by atoms with van der Waals surface area (Å²) in [4.78, 5) is 2.04. The maximum absolute atomic E-state index is 14.5. The Hall–Kier alpha value is -2.59. The van der Waals surface area contributed by atoms with Gasteiger partial charge in [-0.1, -0.05) is 11.6 Å². The summed E-state index contributed by atoms with van der Waals surface area (Å²) < 4.78 is 74.0. The van der Waals surface area contributed by atoms with Crippen LogP contribution in [0.4, 0.5) is 27.6 Å². The molecule has 0 aliphatic carbocycles. The van der Waals surface area contributed by atoms with E-state index in [-0.39, 0.29) is 22.8 Å². The summed E-state index contributed by atoms with van der Waals surface area (Å²) in [5.41, 5.74) is -1.59. The number of benzene rings is 2. The van der Waals surface area contributed by atoms with Crippen LogP contribution in [0.25, 0.3) is 16.6 Å². The molecule has 3 aromatic rings. The van der Waals surface area contributed by atoms with Crippen molar-refractivity contribution >= 4 is 28.2 Å². The van der Waals surface area contributed by atoms with Gasteiger partial charge in [0.2, 0.25) is 0 Å². The summed E-state index contributed by atoms with van der Waals surface area (Å²) in [5.74, 6) is -5.40. The zero-order valence-corrected chi connectivity index (χ0v) is 16.9. The van der Waals surface area contributed by atoms with Crippen LogP contribution in [-0.2, 0) is 10.9 Å². The molecule has 1 aliphatic heterocycles. The summed E-state index contributed by atoms with van der Waals surface area (Å²) in [6.45, 7) is 1.29. The van der Waals surface area contributed by atoms with Crippen LogP contribution in [0.15, 0.2) is 24.3 Å². The standard InChI is InChI=1S/C20H17ClF5N3O2/c1-28(10-4-6-31-7-5-10)11-2-3-14-12(8-11)19(21)27-29(14)15-9-13(20(24,25)26)16(22)18(30)17(15)23/h2-3,8-10,30H,4-7H2,1H3. The van der Waals surface area contributed by atoms with Crippen molar-refractivity contribution in [3.05, 3.63) is 46.6 Å². The van der Waals surface area contributed by atoms with Crippen molar-refractivity contribution in [2.24, 2.45) is 0 Å². The quantitative estimate of drug-likeness (QED) is 0.538. The summed E-state index contributed by atoms with van der Waals surface area (Å²) in [6.07, 6.45) is -3.47. The molecule has 4 rings (SSSR count). The van der Waals surface area contributed by atoms with Crippen molar-refractivity contribution < 1.29 is 31.8 Å². The Morgan fingerprint density at radius 2 is 1.84 bits per heavy atom. The number of anilines is 1. The zero-order valence-electron chi connectivity index (χ0n) is 16.2. The van der Waals surface area contributed by atoms with E-state index in [1.807, 2.05) is 11.9 Å². The fourth-order valence-corrected chi connectivity index (χ4v) is 3.95. The molecule has 1 aliphatic rings. The number of nitrogens with zero attached hydrogens (tertiary/aromatic N) is 3. The highest BCUT2D eigenvalue weighted by Crippen LogP contribution is 2.40. The number of ether oxygens (including phenoxy) is 1. The van der Waals surface area contributed by atoms with Crippen molar-refractivity contribution in [3.63, 3.8) is 0 Å². The molecule has 5 nitrogen and oxygen atoms in total. The van der Waals surface area contributed by atoms with E-state index < -0.39 is 34.8 Å². The predicted molar refractivity (Wildman–Crippen MR) is 105 cm³/mol. The molecule has 166 valence electrons. The molecule has 0 atom stereocenters. The van der Waals surface area contributed by atoms with E-state index in [1.165, 1.54) is 6.07 Å². The van der Waals surface area contributed by atoms with Gasteiger partial charge in [-0.15, -0.1) is 0 Å². The lowest BCUT2D eigenvalue weighted by atomic mass is 10.1. The van der Waals surface area contributed by atoms with Crippen LogP contribution in [0.3, 0.4) is 0 Å². The Morgan fingerprint density at radius 1 is 1.16 bits per heavy atom. The molecule has 31 heavy (non-hydrogen) atoms. The van der Waals surface area contributed by atoms with Crippen LogP contribution in [0.5, 0.6) is 5.75 Å². The van der Waals surface area contributed by atoms with Gasteiger partial charge in [0.1, 0.15) is 5.69 Å². The number of rotatable bonds is 3. The fourth-order valence-electron chi connectivity index (χ4n) is 3.72. The van der Waals surface area contributed by atoms with E-state index >= 15 is 0 Å². The summed E-state index contributed by atoms with van der Waals surface area (Å²) in [6, 6.07) is 5.43. The van der Waals surface area contributed by atoms with E-state index in [0.29, 0.717) is 18.6 Å². The Morgan fingerprint density at radius 3 is 2.48 bits per heavy atom. The predicted octanol–water partition coefficient (Wildman–Crippen LogP) is 5.30. The molecule has 0 unspecified atom stereocenters. The van der Waals surface area contributed by atoms with Crippen LogP contribution < -0.4 is 4.90 Å². The lowest BCUT2D eigenvalue weighted by Gasteiger charge is -2.33. The number of hydrogen-bond acceptors (Lipinski definition) is 4. The average Bonchev–Trinajstić information content (AvgIpc) is 3.07. The maximum Gasteiger partial charge on any atom is 0.419 e. The van der Waals surface area contributed by atoms with Crippen LogP contribution in [0, 0.1) is 11.6 Å². The lowest BCUT2D eigenvalue weighted by molar-refractivity contribution is -0.140. The topological polar surface area (TPSA) is 50.5 Å². The van der Waals surface area contributed by atoms with E-state index in [9.17, 15) is 27.1 Å². The molecule has 1 aromatic heterocycles. The molecule has 2 heterocycles. The number of hydrogen-bond donors (Lipinski definition) is 1. The number of aromatic hydroxyl groups is 1. The molecule has 1 saturated heterocycles. The Kier molecular flexibility index (Phi) is 5.47. The second-order valence-corrected chi connectivity index (χ2v) is 7.63. The smallest absolute Gasteiger partial charge is 0.419 e. The van der Waals surface area contributed by atoms with Gasteiger partial charge >= 0.3 is 6.18 Å². The van der Waals surface area contributed by atoms with Crippen molar-refractivity contribution in [2.45, 2.75) is 25.1 Å². The number of fused-ring (bicyclic) bond motifs is 1. The molecule has 0 amide bonds. The zero-order chi connectivity index (χ0) is 22.5. The molecule has 0 saturated carbocycles. The summed E-state index contributed by atoms with van der Waals surface area (Å²) in [5, 5.41) is 13.8. The molecule has 0 spiro atoms. The van der Waals surface area contributed by atoms with E-state index in [4.69, 9.17) is 16.3 Å². The van der Waals surface area contributed by atoms with Gasteiger partial charge in [0.05, 0.1) is 11.1 Å². The van der Waals surface area contributed by atoms with Gasteiger partial charge in [-0.05, 0) is 37.1 Å². The van der Waals surface area contributed by atoms with Crippen molar-refractivity contribution in [3.8, 4) is 11.4 Å². The first-order chi connectivity index (χ1) is 14.6. The van der Waals surface area contributed by atoms with E-state index in [0.717, 1.165) is 23.2 Å². The molecule has 1 fully saturated rings. The number of halogens is 6. The molecule has 0 bridgehead atoms. The Labute approximate surface area is 178 Å². The second-order valence-electron chi connectivity index (χ2n) is 7.28. The highest BCUT2D eigenvalue weighted by Gasteiger charge is 2.38. The van der Waals surface area contributed by atoms with Crippen LogP contribution in [-0.4, -0.2) is 41.2 Å². The summed E-state index contributed by atoms with van der Waals surface area (Å²) >= 11 is 6.19. The summed E-state index contributed by atoms with van der Waals surface area (Å²) in [7, 11) is 1.91.